The third-order valence-corrected chi connectivity index (χ3v) is 2.11. The van der Waals surface area contributed by atoms with Gasteiger partial charge in [-0.2, -0.15) is 0 Å². The van der Waals surface area contributed by atoms with Gasteiger partial charge in [-0.25, -0.2) is 0 Å². The SMILES string of the molecule is C[C@@](O)(Cc1ccco1)C[C@H](N)C(=O)O. The molecule has 0 aliphatic rings. The number of aliphatic carboxylic acids is 1. The highest BCUT2D eigenvalue weighted by Gasteiger charge is 2.28. The van der Waals surface area contributed by atoms with Gasteiger partial charge in [0.15, 0.2) is 0 Å². The van der Waals surface area contributed by atoms with Gasteiger partial charge >= 0.3 is 5.97 Å². The average molecular weight is 213 g/mol. The molecule has 0 aliphatic heterocycles. The summed E-state index contributed by atoms with van der Waals surface area (Å²) < 4.78 is 5.06. The van der Waals surface area contributed by atoms with Crippen molar-refractivity contribution in [3.05, 3.63) is 24.2 Å². The molecule has 5 heteroatoms. The lowest BCUT2D eigenvalue weighted by molar-refractivity contribution is -0.140. The van der Waals surface area contributed by atoms with Gasteiger partial charge in [0.05, 0.1) is 11.9 Å². The number of hydrogen-bond donors (Lipinski definition) is 3. The molecular weight excluding hydrogens is 198 g/mol. The van der Waals surface area contributed by atoms with Crippen molar-refractivity contribution in [3.8, 4) is 0 Å². The van der Waals surface area contributed by atoms with Crippen molar-refractivity contribution in [2.45, 2.75) is 31.4 Å². The lowest BCUT2D eigenvalue weighted by Crippen LogP contribution is -2.40. The van der Waals surface area contributed by atoms with Gasteiger partial charge in [0.1, 0.15) is 11.8 Å². The minimum absolute atomic E-state index is 0.0109. The van der Waals surface area contributed by atoms with Crippen LogP contribution in [0, 0.1) is 0 Å². The van der Waals surface area contributed by atoms with E-state index in [9.17, 15) is 9.90 Å². The van der Waals surface area contributed by atoms with Crippen molar-refractivity contribution >= 4 is 5.97 Å². The Bertz CT molecular complexity index is 318. The van der Waals surface area contributed by atoms with E-state index in [4.69, 9.17) is 15.3 Å². The highest BCUT2D eigenvalue weighted by atomic mass is 16.4. The molecule has 0 spiro atoms. The first kappa shape index (κ1) is 11.7. The van der Waals surface area contributed by atoms with Crippen molar-refractivity contribution in [2.24, 2.45) is 5.73 Å². The Kier molecular flexibility index (Phi) is 3.49. The van der Waals surface area contributed by atoms with E-state index in [1.54, 1.807) is 19.1 Å². The van der Waals surface area contributed by atoms with Crippen LogP contribution in [0.3, 0.4) is 0 Å². The fraction of sp³-hybridized carbons (Fsp3) is 0.500. The summed E-state index contributed by atoms with van der Waals surface area (Å²) in [5.74, 6) is -0.507. The van der Waals surface area contributed by atoms with Crippen LogP contribution in [-0.4, -0.2) is 27.8 Å². The molecular formula is C10H15NO4. The monoisotopic (exact) mass is 213 g/mol. The van der Waals surface area contributed by atoms with Crippen molar-refractivity contribution in [2.75, 3.05) is 0 Å². The molecule has 1 rings (SSSR count). The summed E-state index contributed by atoms with van der Waals surface area (Å²) in [7, 11) is 0. The largest absolute Gasteiger partial charge is 0.480 e. The summed E-state index contributed by atoms with van der Waals surface area (Å²) in [5, 5.41) is 18.5. The van der Waals surface area contributed by atoms with E-state index in [-0.39, 0.29) is 12.8 Å². The molecule has 0 saturated carbocycles. The minimum Gasteiger partial charge on any atom is -0.480 e. The van der Waals surface area contributed by atoms with E-state index in [0.717, 1.165) is 0 Å². The van der Waals surface area contributed by atoms with Gasteiger partial charge in [0, 0.05) is 12.8 Å². The van der Waals surface area contributed by atoms with Crippen molar-refractivity contribution < 1.29 is 19.4 Å². The maximum Gasteiger partial charge on any atom is 0.320 e. The number of carboxylic acid groups (broad SMARTS) is 1. The smallest absolute Gasteiger partial charge is 0.320 e. The summed E-state index contributed by atoms with van der Waals surface area (Å²) in [5.41, 5.74) is 4.17. The highest BCUT2D eigenvalue weighted by Crippen LogP contribution is 2.18. The standard InChI is InChI=1S/C10H15NO4/c1-10(14,6-8(11)9(12)13)5-7-3-2-4-15-7/h2-4,8,14H,5-6,11H2,1H3,(H,12,13)/t8-,10+/m0/s1. The van der Waals surface area contributed by atoms with E-state index in [1.165, 1.54) is 6.26 Å². The number of aliphatic hydroxyl groups is 1. The highest BCUT2D eigenvalue weighted by molar-refractivity contribution is 5.73. The lowest BCUT2D eigenvalue weighted by atomic mass is 9.93. The first-order valence-corrected chi connectivity index (χ1v) is 4.64. The second-order valence-electron chi connectivity index (χ2n) is 3.90. The molecule has 0 saturated heterocycles. The van der Waals surface area contributed by atoms with Gasteiger partial charge in [0.25, 0.3) is 0 Å². The molecule has 0 bridgehead atoms. The molecule has 4 N–H and O–H groups in total. The molecule has 0 aliphatic carbocycles. The Balaban J connectivity index is 2.55. The summed E-state index contributed by atoms with van der Waals surface area (Å²) in [6, 6.07) is 2.37. The second kappa shape index (κ2) is 4.46. The van der Waals surface area contributed by atoms with E-state index >= 15 is 0 Å². The number of rotatable bonds is 5. The number of carbonyl (C=O) groups is 1. The molecule has 2 atom stereocenters. The maximum atomic E-state index is 10.5. The van der Waals surface area contributed by atoms with Gasteiger partial charge in [0.2, 0.25) is 0 Å². The predicted octanol–water partition coefficient (Wildman–Crippen LogP) is 0.375. The van der Waals surface area contributed by atoms with Gasteiger partial charge in [-0.05, 0) is 19.1 Å². The summed E-state index contributed by atoms with van der Waals surface area (Å²) in [6.07, 6.45) is 1.74. The zero-order valence-electron chi connectivity index (χ0n) is 8.51. The third kappa shape index (κ3) is 3.73. The van der Waals surface area contributed by atoms with Crippen LogP contribution in [0.5, 0.6) is 0 Å². The Labute approximate surface area is 87.5 Å². The molecule has 0 unspecified atom stereocenters. The molecule has 0 aromatic carbocycles. The van der Waals surface area contributed by atoms with E-state index in [0.29, 0.717) is 5.76 Å². The van der Waals surface area contributed by atoms with Crippen molar-refractivity contribution in [1.29, 1.82) is 0 Å². The Morgan fingerprint density at radius 1 is 1.73 bits per heavy atom. The van der Waals surface area contributed by atoms with Crippen LogP contribution in [0.25, 0.3) is 0 Å². The molecule has 5 nitrogen and oxygen atoms in total. The molecule has 1 heterocycles. The molecule has 1 aromatic rings. The summed E-state index contributed by atoms with van der Waals surface area (Å²) in [4.78, 5) is 10.5. The fourth-order valence-corrected chi connectivity index (χ4v) is 1.42. The Morgan fingerprint density at radius 2 is 2.40 bits per heavy atom. The van der Waals surface area contributed by atoms with Crippen LogP contribution >= 0.6 is 0 Å². The zero-order chi connectivity index (χ0) is 11.5. The third-order valence-electron chi connectivity index (χ3n) is 2.11. The quantitative estimate of drug-likeness (QED) is 0.656. The van der Waals surface area contributed by atoms with Gasteiger partial charge < -0.3 is 20.4 Å². The van der Waals surface area contributed by atoms with Crippen molar-refractivity contribution in [1.82, 2.24) is 0 Å². The second-order valence-corrected chi connectivity index (χ2v) is 3.90. The van der Waals surface area contributed by atoms with Gasteiger partial charge in [-0.1, -0.05) is 0 Å². The predicted molar refractivity (Wildman–Crippen MR) is 53.3 cm³/mol. The first-order valence-electron chi connectivity index (χ1n) is 4.64. The molecule has 0 fully saturated rings. The topological polar surface area (TPSA) is 96.7 Å². The zero-order valence-corrected chi connectivity index (χ0v) is 8.51. The number of carboxylic acids is 1. The Morgan fingerprint density at radius 3 is 2.87 bits per heavy atom. The van der Waals surface area contributed by atoms with Gasteiger partial charge in [-0.3, -0.25) is 4.79 Å². The number of hydrogen-bond acceptors (Lipinski definition) is 4. The number of nitrogens with two attached hydrogens (primary N) is 1. The van der Waals surface area contributed by atoms with Gasteiger partial charge in [-0.15, -0.1) is 0 Å². The van der Waals surface area contributed by atoms with Crippen LogP contribution in [-0.2, 0) is 11.2 Å². The van der Waals surface area contributed by atoms with Crippen LogP contribution in [0.15, 0.2) is 22.8 Å². The molecule has 1 aromatic heterocycles. The average Bonchev–Trinajstić information content (AvgIpc) is 2.54. The molecule has 84 valence electrons. The van der Waals surface area contributed by atoms with Crippen LogP contribution in [0.4, 0.5) is 0 Å². The molecule has 0 radical (unpaired) electrons. The fourth-order valence-electron chi connectivity index (χ4n) is 1.42. The minimum atomic E-state index is -1.17. The summed E-state index contributed by atoms with van der Waals surface area (Å²) in [6.45, 7) is 1.54. The van der Waals surface area contributed by atoms with Crippen LogP contribution in [0.2, 0.25) is 0 Å². The van der Waals surface area contributed by atoms with Crippen molar-refractivity contribution in [3.63, 3.8) is 0 Å². The van der Waals surface area contributed by atoms with E-state index in [1.807, 2.05) is 0 Å². The molecule has 15 heavy (non-hydrogen) atoms. The molecule has 0 amide bonds. The first-order chi connectivity index (χ1) is 6.91. The van der Waals surface area contributed by atoms with E-state index < -0.39 is 17.6 Å². The lowest BCUT2D eigenvalue weighted by Gasteiger charge is -2.23. The maximum absolute atomic E-state index is 10.5. The van der Waals surface area contributed by atoms with Crippen LogP contribution in [0.1, 0.15) is 19.1 Å². The van der Waals surface area contributed by atoms with E-state index in [2.05, 4.69) is 0 Å². The Hall–Kier alpha value is -1.33. The number of furan rings is 1. The summed E-state index contributed by atoms with van der Waals surface area (Å²) >= 11 is 0. The van der Waals surface area contributed by atoms with Crippen LogP contribution < -0.4 is 5.73 Å². The normalized spacial score (nSPS) is 17.0.